The van der Waals surface area contributed by atoms with E-state index in [1.54, 1.807) is 0 Å². The molecule has 0 spiro atoms. The number of hydrogen-bond donors (Lipinski definition) is 3. The molecule has 0 bridgehead atoms. The molecule has 0 saturated carbocycles. The fraction of sp³-hybridized carbons (Fsp3) is 0.500. The fourth-order valence-corrected chi connectivity index (χ4v) is 3.40. The summed E-state index contributed by atoms with van der Waals surface area (Å²) < 4.78 is 1.35. The number of rotatable bonds is 3. The molecule has 0 aromatic carbocycles. The molecule has 1 aromatic rings. The van der Waals surface area contributed by atoms with Gasteiger partial charge in [-0.25, -0.2) is 4.79 Å². The highest BCUT2D eigenvalue weighted by Crippen LogP contribution is 2.43. The molecule has 7 heteroatoms. The van der Waals surface area contributed by atoms with Gasteiger partial charge in [0.1, 0.15) is 5.37 Å². The average Bonchev–Trinajstić information content (AvgIpc) is 2.67. The van der Waals surface area contributed by atoms with E-state index in [4.69, 9.17) is 5.11 Å². The highest BCUT2D eigenvalue weighted by atomic mass is 32.2. The van der Waals surface area contributed by atoms with Crippen molar-refractivity contribution in [3.63, 3.8) is 0 Å². The van der Waals surface area contributed by atoms with Gasteiger partial charge in [0.2, 0.25) is 0 Å². The van der Waals surface area contributed by atoms with Gasteiger partial charge in [0.25, 0.3) is 5.56 Å². The zero-order chi connectivity index (χ0) is 14.2. The fourth-order valence-electron chi connectivity index (χ4n) is 2.05. The van der Waals surface area contributed by atoms with Crippen molar-refractivity contribution in [3.8, 4) is 0 Å². The molecule has 104 valence electrons. The van der Waals surface area contributed by atoms with E-state index in [2.05, 4.69) is 11.6 Å². The predicted molar refractivity (Wildman–Crippen MR) is 73.3 cm³/mol. The van der Waals surface area contributed by atoms with Crippen LogP contribution in [0.4, 0.5) is 0 Å². The first-order valence-electron chi connectivity index (χ1n) is 5.97. The number of aliphatic hydroxyl groups is 2. The van der Waals surface area contributed by atoms with E-state index < -0.39 is 28.0 Å². The Hall–Kier alpha value is -1.31. The van der Waals surface area contributed by atoms with Gasteiger partial charge >= 0.3 is 5.69 Å². The van der Waals surface area contributed by atoms with Crippen LogP contribution in [0.15, 0.2) is 27.9 Å². The molecular formula is C12H16N2O4S. The Morgan fingerprint density at radius 3 is 2.74 bits per heavy atom. The summed E-state index contributed by atoms with van der Waals surface area (Å²) in [5, 5.41) is 18.2. The van der Waals surface area contributed by atoms with Crippen molar-refractivity contribution in [2.75, 3.05) is 6.61 Å². The molecular weight excluding hydrogens is 268 g/mol. The Morgan fingerprint density at radius 2 is 2.21 bits per heavy atom. The second-order valence-corrected chi connectivity index (χ2v) is 5.73. The zero-order valence-electron chi connectivity index (χ0n) is 10.5. The van der Waals surface area contributed by atoms with Crippen LogP contribution in [0, 0.1) is 0 Å². The maximum Gasteiger partial charge on any atom is 0.329 e. The van der Waals surface area contributed by atoms with E-state index in [0.29, 0.717) is 17.6 Å². The van der Waals surface area contributed by atoms with Crippen LogP contribution in [0.2, 0.25) is 0 Å². The van der Waals surface area contributed by atoms with Crippen molar-refractivity contribution in [2.45, 2.75) is 30.1 Å². The Labute approximate surface area is 113 Å². The van der Waals surface area contributed by atoms with Crippen molar-refractivity contribution >= 4 is 11.8 Å². The van der Waals surface area contributed by atoms with Gasteiger partial charge in [-0.2, -0.15) is 0 Å². The first-order chi connectivity index (χ1) is 8.99. The Balaban J connectivity index is 2.46. The summed E-state index contributed by atoms with van der Waals surface area (Å²) in [6.45, 7) is 5.40. The van der Waals surface area contributed by atoms with E-state index in [0.717, 1.165) is 0 Å². The van der Waals surface area contributed by atoms with E-state index in [-0.39, 0.29) is 6.61 Å². The van der Waals surface area contributed by atoms with Gasteiger partial charge in [-0.05, 0) is 12.0 Å². The molecule has 3 atom stereocenters. The number of aromatic nitrogens is 2. The first-order valence-corrected chi connectivity index (χ1v) is 6.91. The normalized spacial score (nSPS) is 26.9. The molecule has 0 radical (unpaired) electrons. The second-order valence-electron chi connectivity index (χ2n) is 4.40. The van der Waals surface area contributed by atoms with Crippen LogP contribution in [-0.2, 0) is 6.42 Å². The van der Waals surface area contributed by atoms with Crippen molar-refractivity contribution in [1.82, 2.24) is 9.55 Å². The summed E-state index contributed by atoms with van der Waals surface area (Å²) in [5.74, 6) is 0. The summed E-state index contributed by atoms with van der Waals surface area (Å²) in [7, 11) is 0. The minimum Gasteiger partial charge on any atom is -0.395 e. The van der Waals surface area contributed by atoms with Crippen LogP contribution in [-0.4, -0.2) is 37.7 Å². The molecule has 6 nitrogen and oxygen atoms in total. The number of hydrogen-bond acceptors (Lipinski definition) is 5. The van der Waals surface area contributed by atoms with Crippen LogP contribution in [0.5, 0.6) is 0 Å². The molecule has 0 aliphatic carbocycles. The molecule has 3 N–H and O–H groups in total. The topological polar surface area (TPSA) is 95.3 Å². The van der Waals surface area contributed by atoms with Crippen LogP contribution in [0.3, 0.4) is 0 Å². The van der Waals surface area contributed by atoms with E-state index in [1.165, 1.54) is 22.5 Å². The number of aryl methyl sites for hydroxylation is 1. The SMILES string of the molecule is C=C1[C@H](O)[C@@H](CO)S[C@@H]1n1cc(CC)c(=O)[nH]c1=O. The summed E-state index contributed by atoms with van der Waals surface area (Å²) in [5.41, 5.74) is 0.0263. The highest BCUT2D eigenvalue weighted by molar-refractivity contribution is 8.00. The minimum atomic E-state index is -0.857. The van der Waals surface area contributed by atoms with Crippen molar-refractivity contribution in [3.05, 3.63) is 44.8 Å². The third kappa shape index (κ3) is 2.41. The van der Waals surface area contributed by atoms with Gasteiger partial charge in [-0.3, -0.25) is 14.3 Å². The predicted octanol–water partition coefficient (Wildman–Crippen LogP) is -0.378. The standard InChI is InChI=1S/C12H16N2O4S/c1-3-7-4-14(12(18)13-10(7)17)11-6(2)9(16)8(5-15)19-11/h4,8-9,11,15-16H,2-3,5H2,1H3,(H,13,17,18)/t8-,9+,11+/m1/s1. The molecule has 1 fully saturated rings. The van der Waals surface area contributed by atoms with Gasteiger partial charge < -0.3 is 10.2 Å². The summed E-state index contributed by atoms with van der Waals surface area (Å²) >= 11 is 1.26. The number of H-pyrrole nitrogens is 1. The van der Waals surface area contributed by atoms with E-state index in [9.17, 15) is 14.7 Å². The number of aliphatic hydroxyl groups excluding tert-OH is 2. The van der Waals surface area contributed by atoms with E-state index in [1.807, 2.05) is 6.92 Å². The summed E-state index contributed by atoms with van der Waals surface area (Å²) in [6.07, 6.45) is 1.14. The summed E-state index contributed by atoms with van der Waals surface area (Å²) in [4.78, 5) is 25.6. The lowest BCUT2D eigenvalue weighted by atomic mass is 10.1. The van der Waals surface area contributed by atoms with Crippen LogP contribution in [0.25, 0.3) is 0 Å². The highest BCUT2D eigenvalue weighted by Gasteiger charge is 2.38. The molecule has 2 heterocycles. The number of aromatic amines is 1. The van der Waals surface area contributed by atoms with Crippen LogP contribution < -0.4 is 11.2 Å². The van der Waals surface area contributed by atoms with Crippen LogP contribution >= 0.6 is 11.8 Å². The number of nitrogens with one attached hydrogen (secondary N) is 1. The lowest BCUT2D eigenvalue weighted by Crippen LogP contribution is -2.33. The Bertz CT molecular complexity index is 606. The Morgan fingerprint density at radius 1 is 1.53 bits per heavy atom. The van der Waals surface area contributed by atoms with E-state index >= 15 is 0 Å². The Kier molecular flexibility index (Phi) is 3.98. The average molecular weight is 284 g/mol. The summed E-state index contributed by atoms with van der Waals surface area (Å²) in [6, 6.07) is 0. The molecule has 19 heavy (non-hydrogen) atoms. The first kappa shape index (κ1) is 14.1. The molecule has 1 aromatic heterocycles. The van der Waals surface area contributed by atoms with Crippen LogP contribution in [0.1, 0.15) is 17.9 Å². The van der Waals surface area contributed by atoms with Crippen molar-refractivity contribution < 1.29 is 10.2 Å². The maximum atomic E-state index is 11.9. The molecule has 1 aliphatic rings. The molecule has 0 amide bonds. The maximum absolute atomic E-state index is 11.9. The van der Waals surface area contributed by atoms with Gasteiger partial charge in [0.05, 0.1) is 18.0 Å². The molecule has 2 rings (SSSR count). The number of thioether (sulfide) groups is 1. The van der Waals surface area contributed by atoms with Gasteiger partial charge in [-0.1, -0.05) is 13.5 Å². The second kappa shape index (κ2) is 5.36. The third-order valence-corrected chi connectivity index (χ3v) is 4.75. The van der Waals surface area contributed by atoms with Crippen molar-refractivity contribution in [2.24, 2.45) is 0 Å². The monoisotopic (exact) mass is 284 g/mol. The van der Waals surface area contributed by atoms with Gasteiger partial charge in [0, 0.05) is 11.8 Å². The number of nitrogens with zero attached hydrogens (tertiary/aromatic N) is 1. The molecule has 1 saturated heterocycles. The molecule has 0 unspecified atom stereocenters. The third-order valence-electron chi connectivity index (χ3n) is 3.21. The van der Waals surface area contributed by atoms with Gasteiger partial charge in [0.15, 0.2) is 0 Å². The lowest BCUT2D eigenvalue weighted by molar-refractivity contribution is 0.172. The van der Waals surface area contributed by atoms with Crippen molar-refractivity contribution in [1.29, 1.82) is 0 Å². The largest absolute Gasteiger partial charge is 0.395 e. The quantitative estimate of drug-likeness (QED) is 0.658. The smallest absolute Gasteiger partial charge is 0.329 e. The molecule has 1 aliphatic heterocycles. The zero-order valence-corrected chi connectivity index (χ0v) is 11.3. The lowest BCUT2D eigenvalue weighted by Gasteiger charge is -2.15. The minimum absolute atomic E-state index is 0.194. The van der Waals surface area contributed by atoms with Gasteiger partial charge in [-0.15, -0.1) is 11.8 Å².